The van der Waals surface area contributed by atoms with Gasteiger partial charge in [0, 0.05) is 18.8 Å². The van der Waals surface area contributed by atoms with Crippen molar-refractivity contribution in [1.29, 1.82) is 0 Å². The fourth-order valence-electron chi connectivity index (χ4n) is 2.35. The lowest BCUT2D eigenvalue weighted by Gasteiger charge is -2.20. The molecule has 0 aromatic heterocycles. The highest BCUT2D eigenvalue weighted by atomic mass is 32.2. The van der Waals surface area contributed by atoms with Gasteiger partial charge in [0.15, 0.2) is 0 Å². The molecule has 0 unspecified atom stereocenters. The number of hydrogen-bond donors (Lipinski definition) is 2. The molecule has 0 saturated carbocycles. The van der Waals surface area contributed by atoms with Gasteiger partial charge in [-0.3, -0.25) is 9.10 Å². The van der Waals surface area contributed by atoms with Crippen molar-refractivity contribution in [3.8, 4) is 0 Å². The second-order valence-corrected chi connectivity index (χ2v) is 7.32. The summed E-state index contributed by atoms with van der Waals surface area (Å²) in [6, 6.07) is 3.53. The number of halogens is 1. The second-order valence-electron chi connectivity index (χ2n) is 5.31. The summed E-state index contributed by atoms with van der Waals surface area (Å²) in [5, 5.41) is 5.58. The van der Waals surface area contributed by atoms with Crippen LogP contribution in [0.5, 0.6) is 0 Å². The molecule has 1 aliphatic heterocycles. The van der Waals surface area contributed by atoms with Crippen LogP contribution in [0.1, 0.15) is 13.3 Å². The number of nitrogens with zero attached hydrogens (tertiary/aromatic N) is 1. The van der Waals surface area contributed by atoms with Crippen LogP contribution in [-0.4, -0.2) is 39.2 Å². The molecule has 2 N–H and O–H groups in total. The molecule has 6 nitrogen and oxygen atoms in total. The maximum absolute atomic E-state index is 14.0. The van der Waals surface area contributed by atoms with Gasteiger partial charge in [0.2, 0.25) is 15.9 Å². The van der Waals surface area contributed by atoms with Crippen molar-refractivity contribution >= 4 is 27.3 Å². The van der Waals surface area contributed by atoms with Crippen LogP contribution in [0, 0.1) is 5.82 Å². The monoisotopic (exact) mass is 341 g/mol. The van der Waals surface area contributed by atoms with E-state index in [0.717, 1.165) is 4.31 Å². The zero-order valence-electron chi connectivity index (χ0n) is 12.9. The van der Waals surface area contributed by atoms with E-state index in [4.69, 9.17) is 0 Å². The first-order valence-corrected chi connectivity index (χ1v) is 8.91. The minimum atomic E-state index is -3.46. The number of hydrogen-bond acceptors (Lipinski definition) is 4. The highest BCUT2D eigenvalue weighted by molar-refractivity contribution is 7.93. The molecule has 1 heterocycles. The molecule has 1 aliphatic rings. The summed E-state index contributed by atoms with van der Waals surface area (Å²) in [5.41, 5.74) is 0.482. The third-order valence-electron chi connectivity index (χ3n) is 3.51. The number of carbonyl (C=O) groups is 1. The fraction of sp³-hybridized carbons (Fsp3) is 0.400. The van der Waals surface area contributed by atoms with Crippen LogP contribution in [-0.2, 0) is 14.8 Å². The van der Waals surface area contributed by atoms with E-state index in [1.54, 1.807) is 13.0 Å². The quantitative estimate of drug-likeness (QED) is 0.768. The van der Waals surface area contributed by atoms with Gasteiger partial charge in [-0.2, -0.15) is 0 Å². The molecule has 8 heteroatoms. The number of rotatable bonds is 6. The lowest BCUT2D eigenvalue weighted by molar-refractivity contribution is -0.121. The Balaban J connectivity index is 2.17. The molecular weight excluding hydrogens is 321 g/mol. The predicted octanol–water partition coefficient (Wildman–Crippen LogP) is 1.47. The Labute approximate surface area is 135 Å². The molecule has 1 aromatic carbocycles. The van der Waals surface area contributed by atoms with E-state index in [9.17, 15) is 17.6 Å². The molecule has 1 aromatic rings. The van der Waals surface area contributed by atoms with Crippen molar-refractivity contribution in [2.75, 3.05) is 28.5 Å². The van der Waals surface area contributed by atoms with E-state index in [0.29, 0.717) is 18.7 Å². The van der Waals surface area contributed by atoms with Crippen LogP contribution in [0.2, 0.25) is 0 Å². The predicted molar refractivity (Wildman–Crippen MR) is 88.4 cm³/mol. The van der Waals surface area contributed by atoms with E-state index in [1.165, 1.54) is 18.2 Å². The van der Waals surface area contributed by atoms with Gasteiger partial charge in [0.25, 0.3) is 0 Å². The fourth-order valence-corrected chi connectivity index (χ4v) is 3.91. The summed E-state index contributed by atoms with van der Waals surface area (Å²) in [6.45, 7) is 5.79. The average Bonchev–Trinajstić information content (AvgIpc) is 2.85. The number of nitrogens with one attached hydrogen (secondary N) is 2. The smallest absolute Gasteiger partial charge is 0.242 e. The van der Waals surface area contributed by atoms with Gasteiger partial charge < -0.3 is 10.6 Å². The molecule has 0 spiro atoms. The maximum Gasteiger partial charge on any atom is 0.242 e. The SMILES string of the molecule is C=CCNC(=O)[C@H](C)Nc1ccc(F)c(N2CCCS2(=O)=O)c1. The topological polar surface area (TPSA) is 78.5 Å². The van der Waals surface area contributed by atoms with E-state index >= 15 is 0 Å². The molecule has 0 aliphatic carbocycles. The Morgan fingerprint density at radius 1 is 1.52 bits per heavy atom. The third-order valence-corrected chi connectivity index (χ3v) is 5.37. The van der Waals surface area contributed by atoms with Gasteiger partial charge in [-0.25, -0.2) is 12.8 Å². The molecule has 1 atom stereocenters. The third kappa shape index (κ3) is 4.01. The normalized spacial score (nSPS) is 17.6. The number of amides is 1. The van der Waals surface area contributed by atoms with E-state index in [1.807, 2.05) is 0 Å². The number of sulfonamides is 1. The lowest BCUT2D eigenvalue weighted by atomic mass is 10.2. The van der Waals surface area contributed by atoms with Gasteiger partial charge in [0.1, 0.15) is 11.9 Å². The Hall–Kier alpha value is -2.09. The van der Waals surface area contributed by atoms with Gasteiger partial charge in [-0.15, -0.1) is 6.58 Å². The van der Waals surface area contributed by atoms with Gasteiger partial charge in [-0.05, 0) is 31.5 Å². The van der Waals surface area contributed by atoms with Crippen molar-refractivity contribution in [2.24, 2.45) is 0 Å². The van der Waals surface area contributed by atoms with Gasteiger partial charge in [-0.1, -0.05) is 6.08 Å². The minimum absolute atomic E-state index is 0.00574. The molecule has 0 radical (unpaired) electrons. The van der Waals surface area contributed by atoms with Crippen molar-refractivity contribution in [3.05, 3.63) is 36.7 Å². The molecule has 1 fully saturated rings. The van der Waals surface area contributed by atoms with Crippen LogP contribution < -0.4 is 14.9 Å². The van der Waals surface area contributed by atoms with Gasteiger partial charge in [0.05, 0.1) is 11.4 Å². The first-order chi connectivity index (χ1) is 10.8. The summed E-state index contributed by atoms with van der Waals surface area (Å²) in [6.07, 6.45) is 2.04. The molecular formula is C15H20FN3O3S. The van der Waals surface area contributed by atoms with Crippen molar-refractivity contribution in [1.82, 2.24) is 5.32 Å². The molecule has 126 valence electrons. The lowest BCUT2D eigenvalue weighted by Crippen LogP contribution is -2.37. The number of anilines is 2. The molecule has 0 bridgehead atoms. The first kappa shape index (κ1) is 17.3. The summed E-state index contributed by atoms with van der Waals surface area (Å²) in [5.74, 6) is -0.820. The van der Waals surface area contributed by atoms with Crippen LogP contribution in [0.15, 0.2) is 30.9 Å². The average molecular weight is 341 g/mol. The highest BCUT2D eigenvalue weighted by Crippen LogP contribution is 2.29. The maximum atomic E-state index is 14.0. The van der Waals surface area contributed by atoms with E-state index in [-0.39, 0.29) is 23.9 Å². The Kier molecular flexibility index (Phi) is 5.25. The van der Waals surface area contributed by atoms with E-state index in [2.05, 4.69) is 17.2 Å². The van der Waals surface area contributed by atoms with Crippen LogP contribution >= 0.6 is 0 Å². The summed E-state index contributed by atoms with van der Waals surface area (Å²) >= 11 is 0. The zero-order chi connectivity index (χ0) is 17.0. The van der Waals surface area contributed by atoms with Crippen molar-refractivity contribution in [3.63, 3.8) is 0 Å². The van der Waals surface area contributed by atoms with Gasteiger partial charge >= 0.3 is 0 Å². The van der Waals surface area contributed by atoms with Crippen molar-refractivity contribution in [2.45, 2.75) is 19.4 Å². The Bertz CT molecular complexity index is 706. The first-order valence-electron chi connectivity index (χ1n) is 7.30. The van der Waals surface area contributed by atoms with E-state index < -0.39 is 21.9 Å². The number of carbonyl (C=O) groups excluding carboxylic acids is 1. The standard InChI is InChI=1S/C15H20FN3O3S/c1-3-7-17-15(20)11(2)18-12-5-6-13(16)14(10-12)19-8-4-9-23(19,21)22/h3,5-6,10-11,18H,1,4,7-9H2,2H3,(H,17,20)/t11-/m0/s1. The number of benzene rings is 1. The largest absolute Gasteiger partial charge is 0.374 e. The van der Waals surface area contributed by atoms with Crippen molar-refractivity contribution < 1.29 is 17.6 Å². The zero-order valence-corrected chi connectivity index (χ0v) is 13.7. The van der Waals surface area contributed by atoms with Crippen LogP contribution in [0.3, 0.4) is 0 Å². The molecule has 2 rings (SSSR count). The van der Waals surface area contributed by atoms with Crippen LogP contribution in [0.25, 0.3) is 0 Å². The summed E-state index contributed by atoms with van der Waals surface area (Å²) in [7, 11) is -3.46. The molecule has 1 saturated heterocycles. The minimum Gasteiger partial charge on any atom is -0.374 e. The summed E-state index contributed by atoms with van der Waals surface area (Å²) in [4.78, 5) is 11.8. The van der Waals surface area contributed by atoms with Crippen LogP contribution in [0.4, 0.5) is 15.8 Å². The molecule has 23 heavy (non-hydrogen) atoms. The molecule has 1 amide bonds. The summed E-state index contributed by atoms with van der Waals surface area (Å²) < 4.78 is 39.0. The Morgan fingerprint density at radius 3 is 2.87 bits per heavy atom. The highest BCUT2D eigenvalue weighted by Gasteiger charge is 2.30. The second kappa shape index (κ2) is 6.99. The Morgan fingerprint density at radius 2 is 2.26 bits per heavy atom.